The molecule has 0 bridgehead atoms. The molecule has 8 nitrogen and oxygen atoms in total. The minimum atomic E-state index is -0.620. The van der Waals surface area contributed by atoms with Gasteiger partial charge < -0.3 is 15.0 Å². The van der Waals surface area contributed by atoms with Crippen molar-refractivity contribution in [3.8, 4) is 0 Å². The minimum absolute atomic E-state index is 0.122. The zero-order chi connectivity index (χ0) is 18.1. The predicted octanol–water partition coefficient (Wildman–Crippen LogP) is 0.938. The number of amides is 2. The van der Waals surface area contributed by atoms with Crippen LogP contribution in [0.2, 0.25) is 0 Å². The van der Waals surface area contributed by atoms with Gasteiger partial charge in [0.25, 0.3) is 11.8 Å². The maximum absolute atomic E-state index is 12.9. The van der Waals surface area contributed by atoms with Gasteiger partial charge in [0.05, 0.1) is 19.3 Å². The monoisotopic (exact) mass is 357 g/mol. The molecule has 1 aliphatic carbocycles. The molecule has 0 spiro atoms. The molecule has 3 heterocycles. The van der Waals surface area contributed by atoms with Gasteiger partial charge >= 0.3 is 0 Å². The van der Waals surface area contributed by atoms with Gasteiger partial charge in [-0.05, 0) is 25.3 Å². The average molecular weight is 357 g/mol. The van der Waals surface area contributed by atoms with E-state index in [9.17, 15) is 9.59 Å². The molecule has 1 saturated heterocycles. The van der Waals surface area contributed by atoms with Crippen molar-refractivity contribution in [3.63, 3.8) is 0 Å². The van der Waals surface area contributed by atoms with E-state index in [0.29, 0.717) is 24.4 Å². The van der Waals surface area contributed by atoms with E-state index >= 15 is 0 Å². The normalized spacial score (nSPS) is 21.3. The van der Waals surface area contributed by atoms with Crippen molar-refractivity contribution in [2.75, 3.05) is 19.7 Å². The lowest BCUT2D eigenvalue weighted by atomic mass is 10.2. The second-order valence-electron chi connectivity index (χ2n) is 7.06. The van der Waals surface area contributed by atoms with Crippen LogP contribution in [0.15, 0.2) is 18.6 Å². The van der Waals surface area contributed by atoms with Gasteiger partial charge in [0.1, 0.15) is 5.56 Å². The van der Waals surface area contributed by atoms with E-state index in [2.05, 4.69) is 15.4 Å². The lowest BCUT2D eigenvalue weighted by molar-refractivity contribution is -0.137. The Hall–Kier alpha value is -2.48. The molecule has 0 aromatic carbocycles. The van der Waals surface area contributed by atoms with Crippen LogP contribution < -0.4 is 5.32 Å². The first-order chi connectivity index (χ1) is 12.6. The first-order valence-electron chi connectivity index (χ1n) is 9.13. The first-order valence-corrected chi connectivity index (χ1v) is 9.13. The standard InChI is InChI=1S/C18H23N5O3/c1-12-8-19-16-14(9-20-23(16)10-12)18(25)22-6-7-26-15(11-22)17(24)21-13-4-2-3-5-13/h8-10,13,15H,2-7,11H2,1H3,(H,21,24)/t15-/m0/s1. The van der Waals surface area contributed by atoms with Crippen LogP contribution in [0.5, 0.6) is 0 Å². The van der Waals surface area contributed by atoms with Crippen molar-refractivity contribution in [2.45, 2.75) is 44.8 Å². The van der Waals surface area contributed by atoms with Crippen molar-refractivity contribution in [1.82, 2.24) is 24.8 Å². The van der Waals surface area contributed by atoms with Crippen LogP contribution in [0.1, 0.15) is 41.6 Å². The van der Waals surface area contributed by atoms with Crippen molar-refractivity contribution in [1.29, 1.82) is 0 Å². The van der Waals surface area contributed by atoms with Gasteiger partial charge in [-0.1, -0.05) is 12.8 Å². The highest BCUT2D eigenvalue weighted by atomic mass is 16.5. The predicted molar refractivity (Wildman–Crippen MR) is 93.8 cm³/mol. The number of fused-ring (bicyclic) bond motifs is 1. The molecule has 2 aliphatic rings. The Morgan fingerprint density at radius 3 is 2.88 bits per heavy atom. The summed E-state index contributed by atoms with van der Waals surface area (Å²) in [6, 6.07) is 0.240. The lowest BCUT2D eigenvalue weighted by Crippen LogP contribution is -2.52. The highest BCUT2D eigenvalue weighted by Gasteiger charge is 2.32. The van der Waals surface area contributed by atoms with E-state index in [4.69, 9.17) is 4.74 Å². The van der Waals surface area contributed by atoms with E-state index in [1.807, 2.05) is 13.1 Å². The van der Waals surface area contributed by atoms with Crippen molar-refractivity contribution < 1.29 is 14.3 Å². The first kappa shape index (κ1) is 17.0. The molecular formula is C18H23N5O3. The van der Waals surface area contributed by atoms with Crippen LogP contribution >= 0.6 is 0 Å². The molecule has 1 saturated carbocycles. The number of hydrogen-bond acceptors (Lipinski definition) is 5. The number of aryl methyl sites for hydroxylation is 1. The molecule has 4 rings (SSSR count). The highest BCUT2D eigenvalue weighted by molar-refractivity contribution is 6.00. The van der Waals surface area contributed by atoms with E-state index in [1.165, 1.54) is 6.20 Å². The van der Waals surface area contributed by atoms with Crippen LogP contribution in [-0.2, 0) is 9.53 Å². The SMILES string of the molecule is Cc1cnc2c(C(=O)N3CCO[C@H](C(=O)NC4CCCC4)C3)cnn2c1. The van der Waals surface area contributed by atoms with E-state index in [0.717, 1.165) is 31.2 Å². The number of nitrogens with zero attached hydrogens (tertiary/aromatic N) is 4. The van der Waals surface area contributed by atoms with Crippen LogP contribution in [0, 0.1) is 6.92 Å². The summed E-state index contributed by atoms with van der Waals surface area (Å²) < 4.78 is 7.21. The number of aromatic nitrogens is 3. The Kier molecular flexibility index (Phi) is 4.58. The Bertz CT molecular complexity index is 827. The summed E-state index contributed by atoms with van der Waals surface area (Å²) in [5, 5.41) is 7.26. The maximum Gasteiger partial charge on any atom is 0.259 e. The zero-order valence-electron chi connectivity index (χ0n) is 14.9. The van der Waals surface area contributed by atoms with Gasteiger partial charge in [0.2, 0.25) is 0 Å². The van der Waals surface area contributed by atoms with Gasteiger partial charge in [0.15, 0.2) is 11.8 Å². The number of hydrogen-bond donors (Lipinski definition) is 1. The van der Waals surface area contributed by atoms with Gasteiger partial charge in [0, 0.05) is 25.0 Å². The Labute approximate surface area is 151 Å². The Balaban J connectivity index is 1.46. The quantitative estimate of drug-likeness (QED) is 0.883. The number of rotatable bonds is 3. The number of nitrogens with one attached hydrogen (secondary N) is 1. The summed E-state index contributed by atoms with van der Waals surface area (Å²) in [5.41, 5.74) is 1.94. The molecule has 2 fully saturated rings. The molecular weight excluding hydrogens is 334 g/mol. The van der Waals surface area contributed by atoms with Gasteiger partial charge in [-0.25, -0.2) is 9.50 Å². The fraction of sp³-hybridized carbons (Fsp3) is 0.556. The number of morpholine rings is 1. The molecule has 2 amide bonds. The molecule has 1 atom stereocenters. The topological polar surface area (TPSA) is 88.8 Å². The summed E-state index contributed by atoms with van der Waals surface area (Å²) in [5.74, 6) is -0.290. The maximum atomic E-state index is 12.9. The zero-order valence-corrected chi connectivity index (χ0v) is 14.9. The molecule has 138 valence electrons. The summed E-state index contributed by atoms with van der Waals surface area (Å²) >= 11 is 0. The van der Waals surface area contributed by atoms with Crippen LogP contribution in [0.4, 0.5) is 0 Å². The number of carbonyl (C=O) groups excluding carboxylic acids is 2. The van der Waals surface area contributed by atoms with Crippen LogP contribution in [-0.4, -0.2) is 63.2 Å². The van der Waals surface area contributed by atoms with Gasteiger partial charge in [-0.2, -0.15) is 5.10 Å². The second-order valence-corrected chi connectivity index (χ2v) is 7.06. The third-order valence-corrected chi connectivity index (χ3v) is 5.06. The molecule has 26 heavy (non-hydrogen) atoms. The molecule has 2 aromatic heterocycles. The Morgan fingerprint density at radius 1 is 1.27 bits per heavy atom. The third kappa shape index (κ3) is 3.29. The van der Waals surface area contributed by atoms with Gasteiger partial charge in [-0.15, -0.1) is 0 Å². The highest BCUT2D eigenvalue weighted by Crippen LogP contribution is 2.19. The van der Waals surface area contributed by atoms with Gasteiger partial charge in [-0.3, -0.25) is 9.59 Å². The second kappa shape index (κ2) is 7.03. The van der Waals surface area contributed by atoms with Crippen molar-refractivity contribution in [2.24, 2.45) is 0 Å². The fourth-order valence-electron chi connectivity index (χ4n) is 3.65. The van der Waals surface area contributed by atoms with E-state index in [-0.39, 0.29) is 24.4 Å². The summed E-state index contributed by atoms with van der Waals surface area (Å²) in [4.78, 5) is 31.3. The fourth-order valence-corrected chi connectivity index (χ4v) is 3.65. The number of carbonyl (C=O) groups is 2. The molecule has 2 aromatic rings. The summed E-state index contributed by atoms with van der Waals surface area (Å²) in [6.45, 7) is 2.97. The minimum Gasteiger partial charge on any atom is -0.365 e. The van der Waals surface area contributed by atoms with E-state index < -0.39 is 6.10 Å². The average Bonchev–Trinajstić information content (AvgIpc) is 3.30. The molecule has 8 heteroatoms. The Morgan fingerprint density at radius 2 is 2.08 bits per heavy atom. The smallest absolute Gasteiger partial charge is 0.259 e. The van der Waals surface area contributed by atoms with Crippen LogP contribution in [0.3, 0.4) is 0 Å². The lowest BCUT2D eigenvalue weighted by Gasteiger charge is -2.32. The number of ether oxygens (including phenoxy) is 1. The molecule has 1 N–H and O–H groups in total. The molecule has 1 aliphatic heterocycles. The largest absolute Gasteiger partial charge is 0.365 e. The molecule has 0 unspecified atom stereocenters. The summed E-state index contributed by atoms with van der Waals surface area (Å²) in [6.07, 6.45) is 8.81. The van der Waals surface area contributed by atoms with Crippen LogP contribution in [0.25, 0.3) is 5.65 Å². The van der Waals surface area contributed by atoms with Crippen molar-refractivity contribution in [3.05, 3.63) is 29.7 Å². The van der Waals surface area contributed by atoms with Crippen molar-refractivity contribution >= 4 is 17.5 Å². The van der Waals surface area contributed by atoms with E-state index in [1.54, 1.807) is 15.6 Å². The third-order valence-electron chi connectivity index (χ3n) is 5.06. The molecule has 0 radical (unpaired) electrons. The summed E-state index contributed by atoms with van der Waals surface area (Å²) in [7, 11) is 0.